The molecule has 0 bridgehead atoms. The van der Waals surface area contributed by atoms with Crippen LogP contribution in [0.15, 0.2) is 30.5 Å². The van der Waals surface area contributed by atoms with Gasteiger partial charge < -0.3 is 15.1 Å². The lowest BCUT2D eigenvalue weighted by Crippen LogP contribution is -2.20. The van der Waals surface area contributed by atoms with Gasteiger partial charge in [0.2, 0.25) is 0 Å². The van der Waals surface area contributed by atoms with Crippen molar-refractivity contribution < 1.29 is 4.74 Å². The highest BCUT2D eigenvalue weighted by molar-refractivity contribution is 5.48. The van der Waals surface area contributed by atoms with Crippen molar-refractivity contribution in [3.63, 3.8) is 0 Å². The first-order valence-electron chi connectivity index (χ1n) is 6.17. The highest BCUT2D eigenvalue weighted by Crippen LogP contribution is 2.16. The first-order chi connectivity index (χ1) is 9.72. The van der Waals surface area contributed by atoms with E-state index >= 15 is 0 Å². The number of methoxy groups -OCH3 is 1. The maximum atomic E-state index is 5.42. The van der Waals surface area contributed by atoms with Crippen LogP contribution >= 0.6 is 0 Å². The van der Waals surface area contributed by atoms with Gasteiger partial charge in [-0.15, -0.1) is 0 Å². The van der Waals surface area contributed by atoms with E-state index in [0.29, 0.717) is 24.8 Å². The van der Waals surface area contributed by atoms with Crippen LogP contribution in [0.3, 0.4) is 0 Å². The highest BCUT2D eigenvalue weighted by atomic mass is 16.5. The van der Waals surface area contributed by atoms with Gasteiger partial charge in [-0.25, -0.2) is 15.8 Å². The number of nitrogen functional groups attached to an aromatic ring is 1. The number of nitrogens with one attached hydrogen (secondary N) is 1. The molecule has 2 aromatic rings. The summed E-state index contributed by atoms with van der Waals surface area (Å²) in [5, 5.41) is 0. The van der Waals surface area contributed by atoms with E-state index in [-0.39, 0.29) is 0 Å². The molecule has 2 aromatic heterocycles. The predicted molar refractivity (Wildman–Crippen MR) is 76.9 cm³/mol. The van der Waals surface area contributed by atoms with Crippen molar-refractivity contribution in [1.82, 2.24) is 15.0 Å². The molecule has 0 aromatic carbocycles. The summed E-state index contributed by atoms with van der Waals surface area (Å²) in [5.74, 6) is 7.31. The number of hydrogen-bond donors (Lipinski definition) is 2. The molecule has 2 rings (SSSR count). The fourth-order valence-corrected chi connectivity index (χ4v) is 1.76. The Hall–Kier alpha value is -2.25. The monoisotopic (exact) mass is 274 g/mol. The number of anilines is 2. The zero-order valence-corrected chi connectivity index (χ0v) is 11.6. The number of aromatic nitrogens is 3. The Morgan fingerprint density at radius 2 is 2.20 bits per heavy atom. The third-order valence-corrected chi connectivity index (χ3v) is 2.70. The lowest BCUT2D eigenvalue weighted by molar-refractivity contribution is 0.178. The molecule has 106 valence electrons. The molecular weight excluding hydrogens is 256 g/mol. The third-order valence-electron chi connectivity index (χ3n) is 2.70. The number of ether oxygens (including phenoxy) is 1. The van der Waals surface area contributed by atoms with Crippen LogP contribution in [0.4, 0.5) is 11.6 Å². The van der Waals surface area contributed by atoms with Crippen molar-refractivity contribution in [1.29, 1.82) is 0 Å². The SMILES string of the molecule is COCc1nc(NN)cc(N(C)Cc2ccccn2)n1. The van der Waals surface area contributed by atoms with Crippen LogP contribution < -0.4 is 16.2 Å². The molecule has 0 amide bonds. The second-order valence-electron chi connectivity index (χ2n) is 4.28. The Labute approximate surface area is 117 Å². The summed E-state index contributed by atoms with van der Waals surface area (Å²) in [6.45, 7) is 0.980. The molecule has 0 spiro atoms. The number of pyridine rings is 1. The van der Waals surface area contributed by atoms with E-state index in [2.05, 4.69) is 20.4 Å². The Balaban J connectivity index is 2.19. The number of rotatable bonds is 6. The van der Waals surface area contributed by atoms with E-state index in [1.807, 2.05) is 30.1 Å². The first-order valence-corrected chi connectivity index (χ1v) is 6.17. The molecule has 0 unspecified atom stereocenters. The van der Waals surface area contributed by atoms with Crippen LogP contribution in [0.1, 0.15) is 11.5 Å². The van der Waals surface area contributed by atoms with E-state index in [1.54, 1.807) is 19.4 Å². The van der Waals surface area contributed by atoms with Gasteiger partial charge in [0, 0.05) is 26.4 Å². The van der Waals surface area contributed by atoms with Crippen molar-refractivity contribution in [3.05, 3.63) is 42.0 Å². The lowest BCUT2D eigenvalue weighted by Gasteiger charge is -2.19. The van der Waals surface area contributed by atoms with Gasteiger partial charge in [-0.3, -0.25) is 4.98 Å². The van der Waals surface area contributed by atoms with Gasteiger partial charge in [0.05, 0.1) is 12.2 Å². The summed E-state index contributed by atoms with van der Waals surface area (Å²) in [6, 6.07) is 7.60. The van der Waals surface area contributed by atoms with Crippen molar-refractivity contribution in [2.24, 2.45) is 5.84 Å². The minimum absolute atomic E-state index is 0.333. The zero-order chi connectivity index (χ0) is 14.4. The van der Waals surface area contributed by atoms with Gasteiger partial charge in [0.15, 0.2) is 5.82 Å². The second kappa shape index (κ2) is 6.78. The molecule has 0 fully saturated rings. The molecule has 0 aliphatic carbocycles. The summed E-state index contributed by atoms with van der Waals surface area (Å²) < 4.78 is 5.06. The molecule has 0 aliphatic heterocycles. The van der Waals surface area contributed by atoms with Gasteiger partial charge in [0.1, 0.15) is 18.2 Å². The van der Waals surface area contributed by atoms with E-state index < -0.39 is 0 Å². The lowest BCUT2D eigenvalue weighted by atomic mass is 10.3. The fraction of sp³-hybridized carbons (Fsp3) is 0.308. The Bertz CT molecular complexity index is 548. The molecule has 7 heteroatoms. The van der Waals surface area contributed by atoms with Crippen molar-refractivity contribution in [2.75, 3.05) is 24.5 Å². The molecule has 0 atom stereocenters. The van der Waals surface area contributed by atoms with E-state index in [1.165, 1.54) is 0 Å². The largest absolute Gasteiger partial charge is 0.377 e. The highest BCUT2D eigenvalue weighted by Gasteiger charge is 2.09. The van der Waals surface area contributed by atoms with Gasteiger partial charge >= 0.3 is 0 Å². The molecular formula is C13H18N6O. The normalized spacial score (nSPS) is 10.3. The minimum Gasteiger partial charge on any atom is -0.377 e. The van der Waals surface area contributed by atoms with E-state index in [4.69, 9.17) is 10.6 Å². The average Bonchev–Trinajstić information content (AvgIpc) is 2.48. The van der Waals surface area contributed by atoms with Crippen LogP contribution in [-0.4, -0.2) is 29.1 Å². The van der Waals surface area contributed by atoms with Gasteiger partial charge in [-0.05, 0) is 12.1 Å². The van der Waals surface area contributed by atoms with Crippen LogP contribution in [0, 0.1) is 0 Å². The standard InChI is InChI=1S/C13H18N6O/c1-19(8-10-5-3-4-6-15-10)13-7-11(18-14)16-12(17-13)9-20-2/h3-7H,8-9,14H2,1-2H3,(H,16,17,18). The molecule has 2 heterocycles. The summed E-state index contributed by atoms with van der Waals surface area (Å²) >= 11 is 0. The molecule has 0 saturated heterocycles. The average molecular weight is 274 g/mol. The molecule has 0 radical (unpaired) electrons. The molecule has 20 heavy (non-hydrogen) atoms. The quantitative estimate of drug-likeness (QED) is 0.598. The zero-order valence-electron chi connectivity index (χ0n) is 11.6. The second-order valence-corrected chi connectivity index (χ2v) is 4.28. The van der Waals surface area contributed by atoms with Crippen LogP contribution in [0.5, 0.6) is 0 Å². The van der Waals surface area contributed by atoms with Crippen LogP contribution in [0.2, 0.25) is 0 Å². The Morgan fingerprint density at radius 3 is 2.85 bits per heavy atom. The number of nitrogens with two attached hydrogens (primary N) is 1. The molecule has 0 saturated carbocycles. The van der Waals surface area contributed by atoms with Gasteiger partial charge in [-0.1, -0.05) is 6.07 Å². The van der Waals surface area contributed by atoms with Gasteiger partial charge in [0.25, 0.3) is 0 Å². The Kier molecular flexibility index (Phi) is 4.80. The Morgan fingerprint density at radius 1 is 1.35 bits per heavy atom. The number of hydrogen-bond acceptors (Lipinski definition) is 7. The number of nitrogens with zero attached hydrogens (tertiary/aromatic N) is 4. The summed E-state index contributed by atoms with van der Waals surface area (Å²) in [7, 11) is 3.54. The maximum absolute atomic E-state index is 5.42. The summed E-state index contributed by atoms with van der Waals surface area (Å²) in [5.41, 5.74) is 3.50. The smallest absolute Gasteiger partial charge is 0.158 e. The molecule has 3 N–H and O–H groups in total. The predicted octanol–water partition coefficient (Wildman–Crippen LogP) is 0.940. The summed E-state index contributed by atoms with van der Waals surface area (Å²) in [6.07, 6.45) is 1.77. The minimum atomic E-state index is 0.333. The fourth-order valence-electron chi connectivity index (χ4n) is 1.76. The van der Waals surface area contributed by atoms with E-state index in [0.717, 1.165) is 11.5 Å². The third kappa shape index (κ3) is 3.62. The van der Waals surface area contributed by atoms with Crippen molar-refractivity contribution in [3.8, 4) is 0 Å². The first kappa shape index (κ1) is 14.2. The van der Waals surface area contributed by atoms with Crippen molar-refractivity contribution >= 4 is 11.6 Å². The molecule has 0 aliphatic rings. The topological polar surface area (TPSA) is 89.2 Å². The maximum Gasteiger partial charge on any atom is 0.158 e. The summed E-state index contributed by atoms with van der Waals surface area (Å²) in [4.78, 5) is 14.9. The van der Waals surface area contributed by atoms with Crippen LogP contribution in [0.25, 0.3) is 0 Å². The van der Waals surface area contributed by atoms with Gasteiger partial charge in [-0.2, -0.15) is 0 Å². The van der Waals surface area contributed by atoms with E-state index in [9.17, 15) is 0 Å². The van der Waals surface area contributed by atoms with Crippen LogP contribution in [-0.2, 0) is 17.9 Å². The van der Waals surface area contributed by atoms with Crippen molar-refractivity contribution in [2.45, 2.75) is 13.2 Å². The number of hydrazine groups is 1. The molecule has 7 nitrogen and oxygen atoms in total.